The Labute approximate surface area is 77.8 Å². The van der Waals surface area contributed by atoms with E-state index in [1.165, 1.54) is 18.0 Å². The number of rotatable bonds is 3. The lowest BCUT2D eigenvalue weighted by atomic mass is 10.2. The van der Waals surface area contributed by atoms with E-state index in [0.717, 1.165) is 12.8 Å². The molecule has 1 amide bonds. The highest BCUT2D eigenvalue weighted by molar-refractivity contribution is 5.74. The largest absolute Gasteiger partial charge is 0.394 e. The minimum atomic E-state index is -0.243. The maximum absolute atomic E-state index is 11.1. The van der Waals surface area contributed by atoms with Gasteiger partial charge in [0.25, 0.3) is 0 Å². The molecule has 1 N–H and O–H groups in total. The van der Waals surface area contributed by atoms with E-state index in [1.54, 1.807) is 0 Å². The van der Waals surface area contributed by atoms with Crippen LogP contribution in [-0.4, -0.2) is 34.9 Å². The van der Waals surface area contributed by atoms with Crippen molar-refractivity contribution >= 4 is 5.91 Å². The molecule has 1 aliphatic heterocycles. The Morgan fingerprint density at radius 2 is 2.46 bits per heavy atom. The van der Waals surface area contributed by atoms with Crippen LogP contribution in [0.1, 0.15) is 19.8 Å². The third kappa shape index (κ3) is 2.29. The lowest BCUT2D eigenvalue weighted by Crippen LogP contribution is -2.34. The number of amides is 1. The van der Waals surface area contributed by atoms with E-state index in [9.17, 15) is 4.79 Å². The molecule has 1 fully saturated rings. The van der Waals surface area contributed by atoms with Crippen LogP contribution >= 0.6 is 0 Å². The molecule has 0 spiro atoms. The first-order chi connectivity index (χ1) is 6.19. The number of hydrogen-bond acceptors (Lipinski definition) is 3. The van der Waals surface area contributed by atoms with Gasteiger partial charge in [-0.15, -0.1) is 0 Å². The number of aliphatic hydroxyl groups is 1. The van der Waals surface area contributed by atoms with Crippen molar-refractivity contribution in [1.29, 1.82) is 0 Å². The zero-order valence-electron chi connectivity index (χ0n) is 7.77. The van der Waals surface area contributed by atoms with Gasteiger partial charge in [0.15, 0.2) is 0 Å². The van der Waals surface area contributed by atoms with Gasteiger partial charge in [-0.05, 0) is 12.8 Å². The highest BCUT2D eigenvalue weighted by Crippen LogP contribution is 2.22. The average molecular weight is 185 g/mol. The maximum atomic E-state index is 11.1. The number of aliphatic hydroxyl groups excluding tert-OH is 1. The normalized spacial score (nSPS) is 27.2. The quantitative estimate of drug-likeness (QED) is 0.695. The van der Waals surface area contributed by atoms with E-state index >= 15 is 0 Å². The number of ether oxygens (including phenoxy) is 1. The van der Waals surface area contributed by atoms with Gasteiger partial charge in [0, 0.05) is 13.1 Å². The fourth-order valence-electron chi connectivity index (χ4n) is 1.47. The molecule has 0 aromatic rings. The third-order valence-electron chi connectivity index (χ3n) is 2.16. The zero-order valence-corrected chi connectivity index (χ0v) is 7.77. The third-order valence-corrected chi connectivity index (χ3v) is 2.16. The summed E-state index contributed by atoms with van der Waals surface area (Å²) in [4.78, 5) is 12.5. The summed E-state index contributed by atoms with van der Waals surface area (Å²) in [6.45, 7) is 5.02. The number of nitrogens with zero attached hydrogens (tertiary/aromatic N) is 1. The highest BCUT2D eigenvalue weighted by Gasteiger charge is 2.29. The summed E-state index contributed by atoms with van der Waals surface area (Å²) < 4.78 is 5.41. The molecule has 74 valence electrons. The molecule has 1 aliphatic rings. The van der Waals surface area contributed by atoms with Crippen molar-refractivity contribution in [2.24, 2.45) is 0 Å². The van der Waals surface area contributed by atoms with Crippen LogP contribution in [0.25, 0.3) is 0 Å². The Balaban J connectivity index is 2.52. The predicted octanol–water partition coefficient (Wildman–Crippen LogP) is 0.476. The summed E-state index contributed by atoms with van der Waals surface area (Å²) in [6, 6.07) is 0. The smallest absolute Gasteiger partial charge is 0.225 e. The van der Waals surface area contributed by atoms with Crippen molar-refractivity contribution in [3.05, 3.63) is 12.8 Å². The molecule has 0 aromatic carbocycles. The SMILES string of the molecule is C=CN(C(C)=O)[C@H]1CC[C@@H](CO)O1. The van der Waals surface area contributed by atoms with Gasteiger partial charge in [-0.3, -0.25) is 9.69 Å². The summed E-state index contributed by atoms with van der Waals surface area (Å²) in [6.07, 6.45) is 2.64. The Hall–Kier alpha value is -0.870. The van der Waals surface area contributed by atoms with Crippen LogP contribution in [0.5, 0.6) is 0 Å². The standard InChI is InChI=1S/C9H15NO3/c1-3-10(7(2)12)9-5-4-8(6-11)13-9/h3,8-9,11H,1,4-6H2,2H3/t8-,9+/m0/s1. The van der Waals surface area contributed by atoms with Gasteiger partial charge < -0.3 is 9.84 Å². The molecular formula is C9H15NO3. The average Bonchev–Trinajstić information content (AvgIpc) is 2.53. The zero-order chi connectivity index (χ0) is 9.84. The van der Waals surface area contributed by atoms with E-state index in [2.05, 4.69) is 6.58 Å². The van der Waals surface area contributed by atoms with Gasteiger partial charge in [-0.1, -0.05) is 6.58 Å². The second kappa shape index (κ2) is 4.39. The topological polar surface area (TPSA) is 49.8 Å². The second-order valence-electron chi connectivity index (χ2n) is 3.08. The van der Waals surface area contributed by atoms with Gasteiger partial charge in [0.1, 0.15) is 6.23 Å². The van der Waals surface area contributed by atoms with Crippen molar-refractivity contribution in [3.63, 3.8) is 0 Å². The lowest BCUT2D eigenvalue weighted by Gasteiger charge is -2.23. The lowest BCUT2D eigenvalue weighted by molar-refractivity contribution is -0.138. The Kier molecular flexibility index (Phi) is 3.45. The molecule has 0 aliphatic carbocycles. The van der Waals surface area contributed by atoms with Crippen LogP contribution in [0.15, 0.2) is 12.8 Å². The molecule has 4 nitrogen and oxygen atoms in total. The summed E-state index contributed by atoms with van der Waals surface area (Å²) >= 11 is 0. The second-order valence-corrected chi connectivity index (χ2v) is 3.08. The summed E-state index contributed by atoms with van der Waals surface area (Å²) in [7, 11) is 0. The van der Waals surface area contributed by atoms with Gasteiger partial charge in [-0.25, -0.2) is 0 Å². The van der Waals surface area contributed by atoms with Crippen LogP contribution in [-0.2, 0) is 9.53 Å². The molecular weight excluding hydrogens is 170 g/mol. The van der Waals surface area contributed by atoms with Crippen molar-refractivity contribution < 1.29 is 14.6 Å². The Morgan fingerprint density at radius 1 is 1.77 bits per heavy atom. The first-order valence-electron chi connectivity index (χ1n) is 4.36. The molecule has 0 radical (unpaired) electrons. The van der Waals surface area contributed by atoms with Gasteiger partial charge in [0.05, 0.1) is 12.7 Å². The number of hydrogen-bond donors (Lipinski definition) is 1. The minimum absolute atomic E-state index is 0.0133. The fourth-order valence-corrected chi connectivity index (χ4v) is 1.47. The van der Waals surface area contributed by atoms with Crippen LogP contribution < -0.4 is 0 Å². The van der Waals surface area contributed by atoms with Gasteiger partial charge >= 0.3 is 0 Å². The monoisotopic (exact) mass is 185 g/mol. The predicted molar refractivity (Wildman–Crippen MR) is 47.7 cm³/mol. The van der Waals surface area contributed by atoms with E-state index < -0.39 is 0 Å². The van der Waals surface area contributed by atoms with E-state index in [1.807, 2.05) is 0 Å². The highest BCUT2D eigenvalue weighted by atomic mass is 16.5. The number of carbonyl (C=O) groups is 1. The van der Waals surface area contributed by atoms with E-state index in [-0.39, 0.29) is 24.8 Å². The van der Waals surface area contributed by atoms with Gasteiger partial charge in [0.2, 0.25) is 5.91 Å². The Bertz CT molecular complexity index is 205. The van der Waals surface area contributed by atoms with Crippen molar-refractivity contribution in [1.82, 2.24) is 4.90 Å². The van der Waals surface area contributed by atoms with Crippen LogP contribution in [0, 0.1) is 0 Å². The fraction of sp³-hybridized carbons (Fsp3) is 0.667. The molecule has 0 aromatic heterocycles. The van der Waals surface area contributed by atoms with Crippen LogP contribution in [0.4, 0.5) is 0 Å². The Morgan fingerprint density at radius 3 is 2.85 bits per heavy atom. The van der Waals surface area contributed by atoms with E-state index in [4.69, 9.17) is 9.84 Å². The molecule has 4 heteroatoms. The van der Waals surface area contributed by atoms with Crippen molar-refractivity contribution in [3.8, 4) is 0 Å². The molecule has 0 saturated carbocycles. The molecule has 1 saturated heterocycles. The van der Waals surface area contributed by atoms with E-state index in [0.29, 0.717) is 0 Å². The first kappa shape index (κ1) is 10.2. The van der Waals surface area contributed by atoms with Crippen LogP contribution in [0.2, 0.25) is 0 Å². The molecule has 0 unspecified atom stereocenters. The first-order valence-corrected chi connectivity index (χ1v) is 4.36. The van der Waals surface area contributed by atoms with Crippen LogP contribution in [0.3, 0.4) is 0 Å². The molecule has 0 bridgehead atoms. The summed E-state index contributed by atoms with van der Waals surface area (Å²) in [5.41, 5.74) is 0. The summed E-state index contributed by atoms with van der Waals surface area (Å²) in [5.74, 6) is -0.0846. The van der Waals surface area contributed by atoms with Crippen molar-refractivity contribution in [2.75, 3.05) is 6.61 Å². The molecule has 1 heterocycles. The molecule has 13 heavy (non-hydrogen) atoms. The minimum Gasteiger partial charge on any atom is -0.394 e. The number of carbonyl (C=O) groups excluding carboxylic acids is 1. The molecule has 1 rings (SSSR count). The van der Waals surface area contributed by atoms with Gasteiger partial charge in [-0.2, -0.15) is 0 Å². The molecule has 2 atom stereocenters. The summed E-state index contributed by atoms with van der Waals surface area (Å²) in [5, 5.41) is 8.82. The van der Waals surface area contributed by atoms with Crippen molar-refractivity contribution in [2.45, 2.75) is 32.1 Å². The maximum Gasteiger partial charge on any atom is 0.225 e.